The van der Waals surface area contributed by atoms with Crippen LogP contribution in [-0.2, 0) is 59.2 Å². The zero-order valence-electron chi connectivity index (χ0n) is 42.0. The Balaban J connectivity index is 2.67. The van der Waals surface area contributed by atoms with Gasteiger partial charge in [0, 0.05) is 25.3 Å². The molecule has 414 valence electrons. The van der Waals surface area contributed by atoms with E-state index in [2.05, 4.69) is 49.5 Å². The Kier molecular flexibility index (Phi) is 28.8. The first-order valence-electron chi connectivity index (χ1n) is 25.0. The third kappa shape index (κ3) is 24.2. The molecule has 1 aliphatic heterocycles. The van der Waals surface area contributed by atoms with Crippen LogP contribution in [0.25, 0.3) is 0 Å². The molecule has 0 radical (unpaired) electrons. The van der Waals surface area contributed by atoms with E-state index in [1.54, 1.807) is 0 Å². The molecular weight excluding hydrogens is 973 g/mol. The van der Waals surface area contributed by atoms with E-state index in [1.165, 1.54) is 37.1 Å². The van der Waals surface area contributed by atoms with Gasteiger partial charge in [-0.3, -0.25) is 52.7 Å². The van der Waals surface area contributed by atoms with Crippen molar-refractivity contribution in [1.29, 1.82) is 0 Å². The van der Waals surface area contributed by atoms with Gasteiger partial charge in [0.1, 0.15) is 48.0 Å². The number of carboxylic acid groups (broad SMARTS) is 1. The van der Waals surface area contributed by atoms with E-state index in [9.17, 15) is 78.3 Å². The van der Waals surface area contributed by atoms with Crippen LogP contribution in [0, 0.1) is 0 Å². The number of carbonyl (C=O) groups excluding carboxylic acids is 10. The van der Waals surface area contributed by atoms with Crippen LogP contribution in [0.3, 0.4) is 0 Å². The Morgan fingerprint density at radius 2 is 0.973 bits per heavy atom. The second kappa shape index (κ2) is 33.7. The topological polar surface area (TPSA) is 437 Å². The molecule has 0 bridgehead atoms. The summed E-state index contributed by atoms with van der Waals surface area (Å²) >= 11 is 0. The summed E-state index contributed by atoms with van der Waals surface area (Å²) in [6.07, 6.45) is 5.30. The minimum absolute atomic E-state index is 0.161. The molecule has 26 heteroatoms. The third-order valence-electron chi connectivity index (χ3n) is 12.0. The van der Waals surface area contributed by atoms with Gasteiger partial charge in [-0.15, -0.1) is 0 Å². The molecule has 9 atom stereocenters. The fourth-order valence-electron chi connectivity index (χ4n) is 7.89. The van der Waals surface area contributed by atoms with Crippen molar-refractivity contribution in [1.82, 2.24) is 42.5 Å². The highest BCUT2D eigenvalue weighted by Gasteiger charge is 2.36. The molecule has 0 unspecified atom stereocenters. The summed E-state index contributed by atoms with van der Waals surface area (Å²) in [6.45, 7) is 0.965. The predicted molar refractivity (Wildman–Crippen MR) is 263 cm³/mol. The number of aliphatic carboxylic acids is 1. The molecule has 1 saturated heterocycles. The molecule has 1 fully saturated rings. The number of amides is 10. The molecule has 2 rings (SSSR count). The van der Waals surface area contributed by atoms with Gasteiger partial charge in [-0.2, -0.15) is 0 Å². The second-order valence-corrected chi connectivity index (χ2v) is 18.4. The number of carbonyl (C=O) groups is 11. The van der Waals surface area contributed by atoms with Gasteiger partial charge in [-0.1, -0.05) is 89.7 Å². The van der Waals surface area contributed by atoms with Gasteiger partial charge in [0.25, 0.3) is 0 Å². The lowest BCUT2D eigenvalue weighted by Gasteiger charge is -2.28. The minimum atomic E-state index is -1.98. The molecule has 0 aromatic heterocycles. The van der Waals surface area contributed by atoms with Gasteiger partial charge >= 0.3 is 5.97 Å². The monoisotopic (exact) mass is 1050 g/mol. The Morgan fingerprint density at radius 1 is 0.554 bits per heavy atom. The Labute approximate surface area is 429 Å². The number of hydrogen-bond donors (Lipinski definition) is 15. The van der Waals surface area contributed by atoms with Crippen molar-refractivity contribution in [2.45, 2.75) is 184 Å². The molecule has 1 aromatic carbocycles. The number of nitrogens with two attached hydrogens (primary N) is 2. The molecule has 0 spiro atoms. The Hall–Kier alpha value is -6.93. The maximum Gasteiger partial charge on any atom is 0.303 e. The number of phenols is 1. The average Bonchev–Trinajstić information content (AvgIpc) is 3.33. The SMILES string of the molecule is CCCCCCCCCCCCC[C@@H]1CC(=O)N[C@@H](CC(N)=O)C(=O)N[C@H](Cc2ccc(O)cc2)C(=O)N[C@H](CC(N)=O)C(=O)N[C@@H](CO)C(=O)N[C@@H](CCC(=O)O)C(=O)N[C@H](CO)C(=O)N[C@@H]([C@@H](C)O)C(=O)N1. The van der Waals surface area contributed by atoms with Gasteiger partial charge in [0.05, 0.1) is 32.2 Å². The van der Waals surface area contributed by atoms with Crippen LogP contribution in [0.2, 0.25) is 0 Å². The maximum atomic E-state index is 14.1. The highest BCUT2D eigenvalue weighted by atomic mass is 16.4. The Bertz CT molecular complexity index is 2060. The molecule has 0 saturated carbocycles. The number of carboxylic acids is 1. The first-order valence-corrected chi connectivity index (χ1v) is 25.0. The summed E-state index contributed by atoms with van der Waals surface area (Å²) < 4.78 is 0. The fourth-order valence-corrected chi connectivity index (χ4v) is 7.89. The summed E-state index contributed by atoms with van der Waals surface area (Å²) in [6, 6.07) is -8.61. The Morgan fingerprint density at radius 3 is 1.46 bits per heavy atom. The largest absolute Gasteiger partial charge is 0.508 e. The van der Waals surface area contributed by atoms with Crippen LogP contribution < -0.4 is 54.0 Å². The van der Waals surface area contributed by atoms with Crippen LogP contribution in [0.4, 0.5) is 0 Å². The summed E-state index contributed by atoms with van der Waals surface area (Å²) in [5.41, 5.74) is 11.2. The molecule has 1 heterocycles. The van der Waals surface area contributed by atoms with E-state index in [0.29, 0.717) is 18.4 Å². The van der Waals surface area contributed by atoms with Crippen molar-refractivity contribution in [3.8, 4) is 5.75 Å². The minimum Gasteiger partial charge on any atom is -0.508 e. The normalized spacial score (nSPS) is 23.7. The number of phenolic OH excluding ortho intramolecular Hbond substituents is 1. The van der Waals surface area contributed by atoms with Gasteiger partial charge in [0.15, 0.2) is 0 Å². The zero-order valence-corrected chi connectivity index (χ0v) is 42.0. The molecule has 1 aliphatic rings. The number of unbranched alkanes of at least 4 members (excludes halogenated alkanes) is 10. The van der Waals surface area contributed by atoms with Crippen molar-refractivity contribution in [2.24, 2.45) is 11.5 Å². The van der Waals surface area contributed by atoms with E-state index < -0.39 is 165 Å². The van der Waals surface area contributed by atoms with Crippen molar-refractivity contribution in [3.63, 3.8) is 0 Å². The van der Waals surface area contributed by atoms with Crippen molar-refractivity contribution < 1.29 is 78.3 Å². The molecule has 17 N–H and O–H groups in total. The van der Waals surface area contributed by atoms with E-state index in [0.717, 1.165) is 51.9 Å². The van der Waals surface area contributed by atoms with Crippen LogP contribution in [-0.4, -0.2) is 158 Å². The molecule has 1 aromatic rings. The lowest BCUT2D eigenvalue weighted by molar-refractivity contribution is -0.139. The van der Waals surface area contributed by atoms with Crippen LogP contribution in [0.15, 0.2) is 24.3 Å². The molecule has 0 aliphatic carbocycles. The van der Waals surface area contributed by atoms with E-state index in [1.807, 2.05) is 0 Å². The van der Waals surface area contributed by atoms with Gasteiger partial charge in [0.2, 0.25) is 59.1 Å². The van der Waals surface area contributed by atoms with Crippen LogP contribution in [0.1, 0.15) is 129 Å². The summed E-state index contributed by atoms with van der Waals surface area (Å²) in [4.78, 5) is 146. The standard InChI is InChI=1S/C48H76N10O16/c1-3-4-5-6-7-8-9-10-11-12-13-14-29-22-39(65)52-33(23-37(49)63)44(70)54-32(21-28-15-17-30(62)18-16-28)43(69)55-34(24-38(50)64)45(71)57-35(25-59)46(72)53-31(19-20-40(66)67)42(68)56-36(26-60)47(73)58-41(27(2)61)48(74)51-29/h15-18,27,29,31-36,41,59-62H,3-14,19-26H2,1-2H3,(H2,49,63)(H2,50,64)(H,51,74)(H,52,65)(H,53,72)(H,54,70)(H,55,69)(H,56,68)(H,57,71)(H,58,73)(H,66,67)/t27-,29-,31+,32-,33+,34-,35+,36-,41+/m1/s1. The first-order chi connectivity index (χ1) is 35.1. The molecular formula is C48H76N10O16. The highest BCUT2D eigenvalue weighted by molar-refractivity contribution is 5.99. The molecule has 10 amide bonds. The van der Waals surface area contributed by atoms with Crippen LogP contribution in [0.5, 0.6) is 5.75 Å². The van der Waals surface area contributed by atoms with Gasteiger partial charge in [-0.25, -0.2) is 0 Å². The number of rotatable bonds is 24. The predicted octanol–water partition coefficient (Wildman–Crippen LogP) is -3.10. The van der Waals surface area contributed by atoms with Crippen LogP contribution >= 0.6 is 0 Å². The lowest BCUT2D eigenvalue weighted by atomic mass is 10.0. The quantitative estimate of drug-likeness (QED) is 0.0456. The maximum absolute atomic E-state index is 14.1. The summed E-state index contributed by atoms with van der Waals surface area (Å²) in [5, 5.41) is 68.7. The zero-order chi connectivity index (χ0) is 55.3. The van der Waals surface area contributed by atoms with Crippen molar-refractivity contribution in [3.05, 3.63) is 29.8 Å². The lowest BCUT2D eigenvalue weighted by Crippen LogP contribution is -2.62. The number of hydrogen-bond acceptors (Lipinski definition) is 15. The van der Waals surface area contributed by atoms with E-state index in [4.69, 9.17) is 11.5 Å². The molecule has 26 nitrogen and oxygen atoms in total. The third-order valence-corrected chi connectivity index (χ3v) is 12.0. The second-order valence-electron chi connectivity index (χ2n) is 18.4. The number of aromatic hydroxyl groups is 1. The number of primary amides is 2. The number of benzene rings is 1. The van der Waals surface area contributed by atoms with E-state index >= 15 is 0 Å². The van der Waals surface area contributed by atoms with Gasteiger partial charge in [-0.05, 0) is 37.5 Å². The number of nitrogens with one attached hydrogen (secondary N) is 8. The van der Waals surface area contributed by atoms with E-state index in [-0.39, 0.29) is 18.6 Å². The smallest absolute Gasteiger partial charge is 0.303 e. The molecule has 74 heavy (non-hydrogen) atoms. The number of aliphatic hydroxyl groups excluding tert-OH is 3. The van der Waals surface area contributed by atoms with Crippen molar-refractivity contribution in [2.75, 3.05) is 13.2 Å². The summed E-state index contributed by atoms with van der Waals surface area (Å²) in [7, 11) is 0. The summed E-state index contributed by atoms with van der Waals surface area (Å²) in [5.74, 6) is -13.2. The fraction of sp³-hybridized carbons (Fsp3) is 0.646. The first kappa shape index (κ1) is 63.2. The van der Waals surface area contributed by atoms with Gasteiger partial charge < -0.3 is 79.5 Å². The average molecular weight is 1050 g/mol. The number of aliphatic hydroxyl groups is 3. The highest BCUT2D eigenvalue weighted by Crippen LogP contribution is 2.16. The van der Waals surface area contributed by atoms with Crippen molar-refractivity contribution >= 4 is 65.0 Å².